The Morgan fingerprint density at radius 3 is 1.78 bits per heavy atom. The SMILES string of the molecule is C=C(C(C(=O)OCC)C(O)c1ccccc1)P1(=O)OCCO1.C=C(CC(=O)OCC)P1(=O)OCCO1.O=Cc1ccccc1.[H-].[Na+]. The number of aliphatic hydroxyl groups excluding tert-OH is 1. The zero-order valence-corrected chi connectivity index (χ0v) is 29.5. The Morgan fingerprint density at radius 2 is 1.33 bits per heavy atom. The first-order chi connectivity index (χ1) is 21.0. The summed E-state index contributed by atoms with van der Waals surface area (Å²) in [5, 5.41) is 10.6. The maximum absolute atomic E-state index is 12.5. The van der Waals surface area contributed by atoms with Gasteiger partial charge in [0, 0.05) is 10.9 Å². The molecule has 2 aromatic carbocycles. The van der Waals surface area contributed by atoms with Crippen molar-refractivity contribution in [3.63, 3.8) is 0 Å². The van der Waals surface area contributed by atoms with E-state index in [1.807, 2.05) is 18.2 Å². The van der Waals surface area contributed by atoms with Crippen molar-refractivity contribution in [2.45, 2.75) is 26.4 Å². The average molecular weight is 677 g/mol. The van der Waals surface area contributed by atoms with Gasteiger partial charge in [-0.25, -0.2) is 0 Å². The van der Waals surface area contributed by atoms with E-state index in [-0.39, 0.29) is 87.7 Å². The van der Waals surface area contributed by atoms with Crippen LogP contribution in [0.15, 0.2) is 84.4 Å². The van der Waals surface area contributed by atoms with Crippen LogP contribution in [0.25, 0.3) is 0 Å². The molecule has 2 unspecified atom stereocenters. The van der Waals surface area contributed by atoms with Gasteiger partial charge < -0.3 is 34.1 Å². The predicted molar refractivity (Wildman–Crippen MR) is 163 cm³/mol. The van der Waals surface area contributed by atoms with Crippen molar-refractivity contribution in [3.8, 4) is 0 Å². The van der Waals surface area contributed by atoms with E-state index in [0.29, 0.717) is 5.56 Å². The van der Waals surface area contributed by atoms with Crippen molar-refractivity contribution >= 4 is 33.4 Å². The Balaban J connectivity index is 0.000000723. The van der Waals surface area contributed by atoms with Crippen LogP contribution in [0.4, 0.5) is 0 Å². The molecule has 2 aliphatic heterocycles. The predicted octanol–water partition coefficient (Wildman–Crippen LogP) is 2.96. The Hall–Kier alpha value is -2.21. The van der Waals surface area contributed by atoms with Crippen molar-refractivity contribution in [3.05, 3.63) is 95.6 Å². The van der Waals surface area contributed by atoms with Gasteiger partial charge >= 0.3 is 56.7 Å². The van der Waals surface area contributed by atoms with E-state index in [1.54, 1.807) is 56.3 Å². The number of hydrogen-bond donors (Lipinski definition) is 1. The maximum atomic E-state index is 12.5. The summed E-state index contributed by atoms with van der Waals surface area (Å²) < 4.78 is 53.9. The fraction of sp³-hybridized carbons (Fsp3) is 0.367. The number of ether oxygens (including phenoxy) is 2. The van der Waals surface area contributed by atoms with Crippen LogP contribution >= 0.6 is 15.2 Å². The molecule has 242 valence electrons. The van der Waals surface area contributed by atoms with Gasteiger partial charge in [0.05, 0.1) is 57.5 Å². The van der Waals surface area contributed by atoms with E-state index < -0.39 is 39.2 Å². The minimum Gasteiger partial charge on any atom is -1.00 e. The van der Waals surface area contributed by atoms with Crippen molar-refractivity contribution in [1.82, 2.24) is 0 Å². The number of hydrogen-bond acceptors (Lipinski definition) is 12. The molecule has 2 fully saturated rings. The third kappa shape index (κ3) is 12.8. The second-order valence-corrected chi connectivity index (χ2v) is 13.2. The molecule has 0 aliphatic carbocycles. The van der Waals surface area contributed by atoms with Crippen molar-refractivity contribution in [1.29, 1.82) is 0 Å². The molecule has 0 aromatic heterocycles. The summed E-state index contributed by atoms with van der Waals surface area (Å²) in [5.74, 6) is -2.39. The Kier molecular flexibility index (Phi) is 18.9. The topological polar surface area (TPSA) is 161 Å². The Labute approximate surface area is 286 Å². The molecule has 0 amide bonds. The summed E-state index contributed by atoms with van der Waals surface area (Å²) in [6.45, 7) is 11.8. The number of rotatable bonds is 11. The summed E-state index contributed by atoms with van der Waals surface area (Å²) in [6, 6.07) is 17.7. The van der Waals surface area contributed by atoms with Crippen molar-refractivity contribution in [2.24, 2.45) is 5.92 Å². The summed E-state index contributed by atoms with van der Waals surface area (Å²) in [7, 11) is -6.86. The molecule has 12 nitrogen and oxygen atoms in total. The van der Waals surface area contributed by atoms with E-state index in [9.17, 15) is 28.6 Å². The zero-order valence-electron chi connectivity index (χ0n) is 26.7. The molecule has 0 radical (unpaired) electrons. The molecule has 0 spiro atoms. The van der Waals surface area contributed by atoms with Gasteiger partial charge in [0.2, 0.25) is 0 Å². The van der Waals surface area contributed by atoms with Crippen LogP contribution in [0.1, 0.15) is 43.7 Å². The van der Waals surface area contributed by atoms with E-state index in [4.69, 9.17) is 22.8 Å². The molecule has 1 N–H and O–H groups in total. The van der Waals surface area contributed by atoms with Gasteiger partial charge in [-0.1, -0.05) is 73.8 Å². The first-order valence-corrected chi connectivity index (χ1v) is 16.8. The van der Waals surface area contributed by atoms with E-state index in [0.717, 1.165) is 11.8 Å². The molecule has 4 rings (SSSR count). The molecule has 2 atom stereocenters. The van der Waals surface area contributed by atoms with Crippen LogP contribution in [0.5, 0.6) is 0 Å². The van der Waals surface area contributed by atoms with Crippen LogP contribution in [0, 0.1) is 5.92 Å². The zero-order chi connectivity index (χ0) is 32.6. The van der Waals surface area contributed by atoms with Crippen LogP contribution in [0.3, 0.4) is 0 Å². The van der Waals surface area contributed by atoms with Crippen LogP contribution < -0.4 is 29.6 Å². The number of benzene rings is 2. The average Bonchev–Trinajstić information content (AvgIpc) is 3.69. The van der Waals surface area contributed by atoms with Crippen LogP contribution in [-0.2, 0) is 46.3 Å². The maximum Gasteiger partial charge on any atom is 1.00 e. The summed E-state index contributed by atoms with van der Waals surface area (Å²) in [5.41, 5.74) is 1.22. The largest absolute Gasteiger partial charge is 1.00 e. The number of aliphatic hydroxyl groups is 1. The van der Waals surface area contributed by atoms with Crippen LogP contribution in [-0.4, -0.2) is 63.0 Å². The van der Waals surface area contributed by atoms with Gasteiger partial charge in [0.1, 0.15) is 12.2 Å². The molecule has 2 saturated heterocycles. The molecular weight excluding hydrogens is 637 g/mol. The fourth-order valence-electron chi connectivity index (χ4n) is 3.75. The molecule has 0 saturated carbocycles. The van der Waals surface area contributed by atoms with Gasteiger partial charge in [-0.3, -0.25) is 23.5 Å². The van der Waals surface area contributed by atoms with E-state index >= 15 is 0 Å². The van der Waals surface area contributed by atoms with E-state index in [2.05, 4.69) is 17.9 Å². The first-order valence-electron chi connectivity index (χ1n) is 13.7. The van der Waals surface area contributed by atoms with Gasteiger partial charge in [-0.05, 0) is 19.4 Å². The monoisotopic (exact) mass is 676 g/mol. The van der Waals surface area contributed by atoms with Gasteiger partial charge in [-0.2, -0.15) is 0 Å². The number of esters is 2. The number of aldehydes is 1. The second kappa shape index (κ2) is 20.8. The molecule has 2 aromatic rings. The second-order valence-electron chi connectivity index (χ2n) is 8.98. The summed E-state index contributed by atoms with van der Waals surface area (Å²) in [4.78, 5) is 33.3. The standard InChI is InChI=1S/C15H19O6P.C8H13O5P.C7H6O.Na.H/c1-3-19-15(17)13(11(2)22(18)20-9-10-21-22)14(16)12-7-5-4-6-8-12;1-3-11-8(9)6-7(2)14(10)12-4-5-13-14;8-6-7-4-2-1-3-5-7;;/h4-8,13-14,16H,2-3,9-10H2,1H3;2-6H2,1H3;1-6H;;/q;;;+1;-1. The molecule has 2 heterocycles. The number of carbonyl (C=O) groups is 3. The van der Waals surface area contributed by atoms with Crippen molar-refractivity contribution < 1.29 is 87.2 Å². The summed E-state index contributed by atoms with van der Waals surface area (Å²) in [6.07, 6.45) is -0.531. The quantitative estimate of drug-likeness (QED) is 0.161. The minimum absolute atomic E-state index is 0. The Morgan fingerprint density at radius 1 is 0.867 bits per heavy atom. The smallest absolute Gasteiger partial charge is 1.00 e. The van der Waals surface area contributed by atoms with Gasteiger partial charge in [0.25, 0.3) is 0 Å². The van der Waals surface area contributed by atoms with Crippen molar-refractivity contribution in [2.75, 3.05) is 39.6 Å². The third-order valence-corrected chi connectivity index (χ3v) is 9.90. The fourth-order valence-corrected chi connectivity index (χ4v) is 6.77. The molecular formula is C30H39NaO12P2. The minimum atomic E-state index is -3.62. The van der Waals surface area contributed by atoms with Crippen LogP contribution in [0.2, 0.25) is 0 Å². The first kappa shape index (κ1) is 40.8. The molecule has 2 aliphatic rings. The number of carbonyl (C=O) groups excluding carboxylic acids is 3. The van der Waals surface area contributed by atoms with Gasteiger partial charge in [0.15, 0.2) is 0 Å². The Bertz CT molecular complexity index is 1340. The summed E-state index contributed by atoms with van der Waals surface area (Å²) >= 11 is 0. The van der Waals surface area contributed by atoms with Gasteiger partial charge in [-0.15, -0.1) is 0 Å². The third-order valence-electron chi connectivity index (χ3n) is 5.90. The molecule has 0 bridgehead atoms. The van der Waals surface area contributed by atoms with E-state index in [1.165, 1.54) is 0 Å². The normalized spacial score (nSPS) is 17.0. The molecule has 15 heteroatoms. The molecule has 45 heavy (non-hydrogen) atoms.